The van der Waals surface area contributed by atoms with E-state index in [9.17, 15) is 9.59 Å². The maximum Gasteiger partial charge on any atom is 0.329 e. The Kier molecular flexibility index (Phi) is 4.39. The highest BCUT2D eigenvalue weighted by molar-refractivity contribution is 5.74. The van der Waals surface area contributed by atoms with Crippen molar-refractivity contribution in [2.24, 2.45) is 7.05 Å². The molecule has 4 heterocycles. The van der Waals surface area contributed by atoms with Gasteiger partial charge >= 0.3 is 5.69 Å². The average Bonchev–Trinajstić information content (AvgIpc) is 3.15. The molecule has 0 radical (unpaired) electrons. The van der Waals surface area contributed by atoms with Crippen molar-refractivity contribution < 1.29 is 0 Å². The van der Waals surface area contributed by atoms with Gasteiger partial charge in [0.2, 0.25) is 5.95 Å². The lowest BCUT2D eigenvalue weighted by Gasteiger charge is -2.39. The molecular weight excluding hydrogens is 370 g/mol. The number of nitrogens with one attached hydrogen (secondary N) is 1. The number of fused-ring (bicyclic) bond motifs is 3. The van der Waals surface area contributed by atoms with Crippen LogP contribution >= 0.6 is 0 Å². The Morgan fingerprint density at radius 1 is 1.00 bits per heavy atom. The number of rotatable bonds is 3. The van der Waals surface area contributed by atoms with Gasteiger partial charge in [-0.15, -0.1) is 0 Å². The first-order chi connectivity index (χ1) is 14.1. The zero-order chi connectivity index (χ0) is 20.0. The number of H-pyrrole nitrogens is 1. The molecule has 0 amide bonds. The lowest BCUT2D eigenvalue weighted by molar-refractivity contribution is 0.251. The number of aromatic nitrogens is 4. The molecule has 0 aliphatic carbocycles. The zero-order valence-corrected chi connectivity index (χ0v) is 16.5. The van der Waals surface area contributed by atoms with E-state index in [1.165, 1.54) is 10.3 Å². The number of imidazole rings is 1. The molecule has 9 nitrogen and oxygen atoms in total. The van der Waals surface area contributed by atoms with Crippen molar-refractivity contribution in [2.75, 3.05) is 49.2 Å². The van der Waals surface area contributed by atoms with Gasteiger partial charge in [-0.1, -0.05) is 18.2 Å². The van der Waals surface area contributed by atoms with Gasteiger partial charge in [0.05, 0.1) is 6.67 Å². The minimum absolute atomic E-state index is 0.361. The largest absolute Gasteiger partial charge is 0.369 e. The lowest BCUT2D eigenvalue weighted by atomic mass is 10.2. The number of anilines is 2. The number of hydrogen-bond acceptors (Lipinski definition) is 6. The van der Waals surface area contributed by atoms with Crippen molar-refractivity contribution in [2.45, 2.75) is 13.0 Å². The van der Waals surface area contributed by atoms with Crippen molar-refractivity contribution in [3.8, 4) is 0 Å². The average molecular weight is 395 g/mol. The van der Waals surface area contributed by atoms with Gasteiger partial charge < -0.3 is 14.4 Å². The fourth-order valence-corrected chi connectivity index (χ4v) is 4.36. The molecule has 3 aromatic rings. The van der Waals surface area contributed by atoms with E-state index >= 15 is 0 Å². The molecule has 2 aliphatic rings. The molecule has 5 rings (SSSR count). The molecule has 0 spiro atoms. The molecule has 29 heavy (non-hydrogen) atoms. The number of para-hydroxylation sites is 1. The van der Waals surface area contributed by atoms with Crippen LogP contribution in [0.4, 0.5) is 11.6 Å². The van der Waals surface area contributed by atoms with Crippen molar-refractivity contribution in [1.82, 2.24) is 24.0 Å². The molecule has 1 saturated heterocycles. The van der Waals surface area contributed by atoms with E-state index in [1.807, 2.05) is 10.6 Å². The van der Waals surface area contributed by atoms with Crippen LogP contribution in [0.2, 0.25) is 0 Å². The maximum absolute atomic E-state index is 12.4. The molecule has 1 aromatic carbocycles. The minimum atomic E-state index is -0.429. The van der Waals surface area contributed by atoms with E-state index in [1.54, 1.807) is 7.05 Å². The van der Waals surface area contributed by atoms with E-state index in [4.69, 9.17) is 0 Å². The molecule has 0 saturated carbocycles. The molecule has 2 aliphatic heterocycles. The van der Waals surface area contributed by atoms with Gasteiger partial charge in [0.25, 0.3) is 5.56 Å². The van der Waals surface area contributed by atoms with Gasteiger partial charge in [0.15, 0.2) is 11.2 Å². The first-order valence-electron chi connectivity index (χ1n) is 10.1. The van der Waals surface area contributed by atoms with Crippen LogP contribution in [0.3, 0.4) is 0 Å². The first-order valence-corrected chi connectivity index (χ1v) is 10.1. The van der Waals surface area contributed by atoms with E-state index in [2.05, 4.69) is 48.9 Å². The highest BCUT2D eigenvalue weighted by Crippen LogP contribution is 2.24. The van der Waals surface area contributed by atoms with Crippen molar-refractivity contribution in [1.29, 1.82) is 0 Å². The maximum atomic E-state index is 12.4. The van der Waals surface area contributed by atoms with Crippen LogP contribution < -0.4 is 21.0 Å². The van der Waals surface area contributed by atoms with E-state index < -0.39 is 5.69 Å². The topological polar surface area (TPSA) is 82.4 Å². The SMILES string of the molecule is Cn1c(=O)[nH]c(=O)c2c1nc1n2CCCN1CN1CCN(c2ccccc2)CC1. The summed E-state index contributed by atoms with van der Waals surface area (Å²) in [7, 11) is 1.65. The van der Waals surface area contributed by atoms with Gasteiger partial charge in [-0.2, -0.15) is 4.98 Å². The predicted octanol–water partition coefficient (Wildman–Crippen LogP) is 0.413. The van der Waals surface area contributed by atoms with Crippen LogP contribution in [-0.4, -0.2) is 63.4 Å². The quantitative estimate of drug-likeness (QED) is 0.692. The number of benzene rings is 1. The molecule has 0 atom stereocenters. The number of aromatic amines is 1. The Balaban J connectivity index is 1.36. The second-order valence-corrected chi connectivity index (χ2v) is 7.75. The second-order valence-electron chi connectivity index (χ2n) is 7.75. The molecular formula is C20H25N7O2. The number of piperazine rings is 1. The van der Waals surface area contributed by atoms with Crippen LogP contribution in [0.25, 0.3) is 11.2 Å². The predicted molar refractivity (Wildman–Crippen MR) is 113 cm³/mol. The zero-order valence-electron chi connectivity index (χ0n) is 16.5. The number of nitrogens with zero attached hydrogens (tertiary/aromatic N) is 6. The van der Waals surface area contributed by atoms with Crippen LogP contribution in [0.15, 0.2) is 39.9 Å². The van der Waals surface area contributed by atoms with Crippen LogP contribution in [-0.2, 0) is 13.6 Å². The third-order valence-corrected chi connectivity index (χ3v) is 5.94. The van der Waals surface area contributed by atoms with Crippen molar-refractivity contribution >= 4 is 22.8 Å². The highest BCUT2D eigenvalue weighted by Gasteiger charge is 2.27. The minimum Gasteiger partial charge on any atom is -0.369 e. The number of aryl methyl sites for hydroxylation is 2. The van der Waals surface area contributed by atoms with Crippen molar-refractivity contribution in [3.63, 3.8) is 0 Å². The van der Waals surface area contributed by atoms with Gasteiger partial charge in [-0.25, -0.2) is 4.79 Å². The summed E-state index contributed by atoms with van der Waals surface area (Å²) in [6.07, 6.45) is 0.949. The van der Waals surface area contributed by atoms with E-state index in [0.717, 1.165) is 58.3 Å². The molecule has 9 heteroatoms. The molecule has 152 valence electrons. The molecule has 0 unspecified atom stereocenters. The molecule has 2 aromatic heterocycles. The number of hydrogen-bond donors (Lipinski definition) is 1. The fourth-order valence-electron chi connectivity index (χ4n) is 4.36. The van der Waals surface area contributed by atoms with Crippen molar-refractivity contribution in [3.05, 3.63) is 51.2 Å². The molecule has 1 fully saturated rings. The van der Waals surface area contributed by atoms with Crippen LogP contribution in [0, 0.1) is 0 Å². The monoisotopic (exact) mass is 395 g/mol. The fraction of sp³-hybridized carbons (Fsp3) is 0.450. The summed E-state index contributed by atoms with van der Waals surface area (Å²) in [6, 6.07) is 10.5. The Hall–Kier alpha value is -3.07. The Labute approximate surface area is 167 Å². The molecule has 0 bridgehead atoms. The summed E-state index contributed by atoms with van der Waals surface area (Å²) in [6.45, 7) is 6.34. The summed E-state index contributed by atoms with van der Waals surface area (Å²) < 4.78 is 3.37. The third kappa shape index (κ3) is 3.11. The summed E-state index contributed by atoms with van der Waals surface area (Å²) in [5.74, 6) is 0.781. The summed E-state index contributed by atoms with van der Waals surface area (Å²) in [5.41, 5.74) is 1.42. The summed E-state index contributed by atoms with van der Waals surface area (Å²) in [4.78, 5) is 38.5. The van der Waals surface area contributed by atoms with Crippen LogP contribution in [0.5, 0.6) is 0 Å². The van der Waals surface area contributed by atoms with Crippen LogP contribution in [0.1, 0.15) is 6.42 Å². The standard InChI is InChI=1S/C20H25N7O2/c1-23-17-16(18(28)22-20(23)29)27-9-5-8-26(19(27)21-17)14-24-10-12-25(13-11-24)15-6-3-2-4-7-15/h2-4,6-7H,5,8-14H2,1H3,(H,22,28,29). The smallest absolute Gasteiger partial charge is 0.329 e. The Morgan fingerprint density at radius 2 is 1.76 bits per heavy atom. The van der Waals surface area contributed by atoms with Gasteiger partial charge in [0.1, 0.15) is 0 Å². The first kappa shape index (κ1) is 18.0. The summed E-state index contributed by atoms with van der Waals surface area (Å²) in [5, 5.41) is 0. The van der Waals surface area contributed by atoms with E-state index in [-0.39, 0.29) is 5.56 Å². The van der Waals surface area contributed by atoms with Gasteiger partial charge in [-0.3, -0.25) is 19.2 Å². The van der Waals surface area contributed by atoms with Gasteiger partial charge in [0, 0.05) is 52.0 Å². The Morgan fingerprint density at radius 3 is 2.52 bits per heavy atom. The molecule has 1 N–H and O–H groups in total. The van der Waals surface area contributed by atoms with Gasteiger partial charge in [-0.05, 0) is 18.6 Å². The third-order valence-electron chi connectivity index (χ3n) is 5.94. The summed E-state index contributed by atoms with van der Waals surface area (Å²) >= 11 is 0. The van der Waals surface area contributed by atoms with E-state index in [0.29, 0.717) is 11.2 Å². The lowest BCUT2D eigenvalue weighted by Crippen LogP contribution is -2.51. The highest BCUT2D eigenvalue weighted by atomic mass is 16.2. The normalized spacial score (nSPS) is 17.7. The Bertz CT molecular complexity index is 1140. The second kappa shape index (κ2) is 7.07.